The fraction of sp³-hybridized carbons (Fsp3) is 0.0909. The molecule has 1 aromatic carbocycles. The summed E-state index contributed by atoms with van der Waals surface area (Å²) in [4.78, 5) is 11.7. The summed E-state index contributed by atoms with van der Waals surface area (Å²) < 4.78 is 17.6. The fourth-order valence-corrected chi connectivity index (χ4v) is 1.30. The summed E-state index contributed by atoms with van der Waals surface area (Å²) in [6, 6.07) is 5.21. The van der Waals surface area contributed by atoms with Crippen molar-refractivity contribution < 1.29 is 13.7 Å². The van der Waals surface area contributed by atoms with Crippen molar-refractivity contribution in [3.63, 3.8) is 0 Å². The van der Waals surface area contributed by atoms with Gasteiger partial charge in [0.1, 0.15) is 5.82 Å². The van der Waals surface area contributed by atoms with Crippen LogP contribution < -0.4 is 11.1 Å². The molecule has 2 rings (SSSR count). The molecule has 2 aromatic rings. The molecule has 0 aliphatic carbocycles. The second kappa shape index (κ2) is 4.25. The van der Waals surface area contributed by atoms with Crippen LogP contribution in [-0.2, 0) is 0 Å². The molecular weight excluding hydrogens is 225 g/mol. The Bertz CT molecular complexity index is 566. The van der Waals surface area contributed by atoms with E-state index in [9.17, 15) is 9.18 Å². The molecule has 17 heavy (non-hydrogen) atoms. The van der Waals surface area contributed by atoms with Crippen LogP contribution in [0.4, 0.5) is 15.8 Å². The van der Waals surface area contributed by atoms with Crippen molar-refractivity contribution in [2.75, 3.05) is 11.1 Å². The van der Waals surface area contributed by atoms with Crippen LogP contribution in [0.2, 0.25) is 0 Å². The Morgan fingerprint density at radius 3 is 2.82 bits per heavy atom. The first kappa shape index (κ1) is 11.1. The first-order valence-electron chi connectivity index (χ1n) is 4.86. The average molecular weight is 235 g/mol. The average Bonchev–Trinajstić information content (AvgIpc) is 2.69. The number of nitrogens with two attached hydrogens (primary N) is 1. The van der Waals surface area contributed by atoms with Crippen molar-refractivity contribution in [3.05, 3.63) is 41.5 Å². The molecule has 0 atom stereocenters. The molecule has 0 saturated heterocycles. The lowest BCUT2D eigenvalue weighted by atomic mass is 10.2. The molecule has 0 radical (unpaired) electrons. The number of carbonyl (C=O) groups is 1. The smallest absolute Gasteiger partial charge is 0.294 e. The Morgan fingerprint density at radius 1 is 1.47 bits per heavy atom. The highest BCUT2D eigenvalue weighted by Crippen LogP contribution is 2.19. The molecule has 0 unspecified atom stereocenters. The number of benzene rings is 1. The van der Waals surface area contributed by atoms with Gasteiger partial charge in [-0.3, -0.25) is 4.79 Å². The van der Waals surface area contributed by atoms with Gasteiger partial charge in [0.05, 0.1) is 17.1 Å². The molecule has 6 heteroatoms. The highest BCUT2D eigenvalue weighted by Gasteiger charge is 2.13. The van der Waals surface area contributed by atoms with Crippen LogP contribution in [0.1, 0.15) is 16.2 Å². The maximum atomic E-state index is 12.8. The van der Waals surface area contributed by atoms with Crippen LogP contribution >= 0.6 is 0 Å². The Labute approximate surface area is 96.4 Å². The Kier molecular flexibility index (Phi) is 2.78. The van der Waals surface area contributed by atoms with E-state index in [0.29, 0.717) is 11.4 Å². The summed E-state index contributed by atoms with van der Waals surface area (Å²) in [5.41, 5.74) is 6.62. The van der Waals surface area contributed by atoms with Gasteiger partial charge in [-0.1, -0.05) is 5.16 Å². The number of nitrogens with one attached hydrogen (secondary N) is 1. The van der Waals surface area contributed by atoms with Crippen molar-refractivity contribution in [2.24, 2.45) is 0 Å². The fourth-order valence-electron chi connectivity index (χ4n) is 1.30. The summed E-state index contributed by atoms with van der Waals surface area (Å²) in [7, 11) is 0. The number of aromatic nitrogens is 1. The lowest BCUT2D eigenvalue weighted by Gasteiger charge is -2.05. The third-order valence-electron chi connectivity index (χ3n) is 2.11. The van der Waals surface area contributed by atoms with Gasteiger partial charge >= 0.3 is 0 Å². The van der Waals surface area contributed by atoms with Crippen LogP contribution in [0.15, 0.2) is 28.8 Å². The molecule has 0 spiro atoms. The van der Waals surface area contributed by atoms with E-state index in [2.05, 4.69) is 10.5 Å². The highest BCUT2D eigenvalue weighted by molar-refractivity contribution is 6.03. The molecule has 1 aromatic heterocycles. The van der Waals surface area contributed by atoms with Gasteiger partial charge in [-0.2, -0.15) is 0 Å². The predicted octanol–water partition coefficient (Wildman–Crippen LogP) is 1.96. The maximum Gasteiger partial charge on any atom is 0.294 e. The first-order chi connectivity index (χ1) is 8.06. The van der Waals surface area contributed by atoms with E-state index in [0.717, 1.165) is 6.07 Å². The van der Waals surface area contributed by atoms with Crippen molar-refractivity contribution in [2.45, 2.75) is 6.92 Å². The molecule has 1 heterocycles. The van der Waals surface area contributed by atoms with Crippen molar-refractivity contribution in [3.8, 4) is 0 Å². The molecule has 5 nitrogen and oxygen atoms in total. The largest absolute Gasteiger partial charge is 0.397 e. The standard InChI is InChI=1S/C11H10FN3O2/c1-6-4-10(17-15-6)11(16)14-9-3-2-7(12)5-8(9)13/h2-5H,13H2,1H3,(H,14,16). The predicted molar refractivity (Wildman–Crippen MR) is 60.0 cm³/mol. The summed E-state index contributed by atoms with van der Waals surface area (Å²) in [6.45, 7) is 1.70. The summed E-state index contributed by atoms with van der Waals surface area (Å²) in [5.74, 6) is -0.869. The number of anilines is 2. The molecule has 0 aliphatic rings. The van der Waals surface area contributed by atoms with Crippen LogP contribution in [0.5, 0.6) is 0 Å². The number of amides is 1. The summed E-state index contributed by atoms with van der Waals surface area (Å²) in [6.07, 6.45) is 0. The third-order valence-corrected chi connectivity index (χ3v) is 2.11. The van der Waals surface area contributed by atoms with Crippen LogP contribution in [0.3, 0.4) is 0 Å². The zero-order chi connectivity index (χ0) is 12.4. The van der Waals surface area contributed by atoms with Gasteiger partial charge in [-0.05, 0) is 25.1 Å². The Hall–Kier alpha value is -2.37. The van der Waals surface area contributed by atoms with Crippen LogP contribution in [0, 0.1) is 12.7 Å². The van der Waals surface area contributed by atoms with Crippen molar-refractivity contribution >= 4 is 17.3 Å². The minimum atomic E-state index is -0.482. The van der Waals surface area contributed by atoms with Gasteiger partial charge in [0.25, 0.3) is 5.91 Å². The third kappa shape index (κ3) is 2.41. The van der Waals surface area contributed by atoms with Gasteiger partial charge in [0.15, 0.2) is 0 Å². The number of hydrogen-bond donors (Lipinski definition) is 2. The monoisotopic (exact) mass is 235 g/mol. The van der Waals surface area contributed by atoms with Crippen LogP contribution in [0.25, 0.3) is 0 Å². The van der Waals surface area contributed by atoms with Gasteiger partial charge in [-0.25, -0.2) is 4.39 Å². The first-order valence-corrected chi connectivity index (χ1v) is 4.86. The molecule has 0 bridgehead atoms. The van der Waals surface area contributed by atoms with Gasteiger partial charge < -0.3 is 15.6 Å². The van der Waals surface area contributed by atoms with Crippen LogP contribution in [-0.4, -0.2) is 11.1 Å². The zero-order valence-electron chi connectivity index (χ0n) is 9.03. The molecule has 0 fully saturated rings. The molecule has 0 saturated carbocycles. The van der Waals surface area contributed by atoms with E-state index in [-0.39, 0.29) is 11.4 Å². The highest BCUT2D eigenvalue weighted by atomic mass is 19.1. The molecule has 1 amide bonds. The Morgan fingerprint density at radius 2 is 2.24 bits per heavy atom. The number of halogens is 1. The SMILES string of the molecule is Cc1cc(C(=O)Nc2ccc(F)cc2N)on1. The minimum Gasteiger partial charge on any atom is -0.397 e. The van der Waals surface area contributed by atoms with E-state index in [1.807, 2.05) is 0 Å². The molecular formula is C11H10FN3O2. The van der Waals surface area contributed by atoms with E-state index in [1.54, 1.807) is 6.92 Å². The molecule has 88 valence electrons. The number of rotatable bonds is 2. The number of nitrogen functional groups attached to an aromatic ring is 1. The molecule has 3 N–H and O–H groups in total. The van der Waals surface area contributed by atoms with E-state index in [4.69, 9.17) is 10.3 Å². The van der Waals surface area contributed by atoms with E-state index < -0.39 is 11.7 Å². The number of hydrogen-bond acceptors (Lipinski definition) is 4. The quantitative estimate of drug-likeness (QED) is 0.779. The van der Waals surface area contributed by atoms with Gasteiger partial charge in [0.2, 0.25) is 5.76 Å². The number of nitrogens with zero attached hydrogens (tertiary/aromatic N) is 1. The zero-order valence-corrected chi connectivity index (χ0v) is 9.03. The lowest BCUT2D eigenvalue weighted by molar-refractivity contribution is 0.0988. The van der Waals surface area contributed by atoms with E-state index >= 15 is 0 Å². The van der Waals surface area contributed by atoms with Crippen molar-refractivity contribution in [1.82, 2.24) is 5.16 Å². The minimum absolute atomic E-state index is 0.0752. The molecule has 0 aliphatic heterocycles. The summed E-state index contributed by atoms with van der Waals surface area (Å²) >= 11 is 0. The number of aryl methyl sites for hydroxylation is 1. The van der Waals surface area contributed by atoms with Gasteiger partial charge in [0, 0.05) is 6.07 Å². The van der Waals surface area contributed by atoms with E-state index in [1.165, 1.54) is 18.2 Å². The second-order valence-electron chi connectivity index (χ2n) is 3.52. The van der Waals surface area contributed by atoms with Gasteiger partial charge in [-0.15, -0.1) is 0 Å². The number of carbonyl (C=O) groups excluding carboxylic acids is 1. The summed E-state index contributed by atoms with van der Waals surface area (Å²) in [5, 5.41) is 6.09. The normalized spacial score (nSPS) is 10.2. The lowest BCUT2D eigenvalue weighted by Crippen LogP contribution is -2.12. The second-order valence-corrected chi connectivity index (χ2v) is 3.52. The van der Waals surface area contributed by atoms with Crippen molar-refractivity contribution in [1.29, 1.82) is 0 Å². The maximum absolute atomic E-state index is 12.8. The topological polar surface area (TPSA) is 81.2 Å². The Balaban J connectivity index is 2.18.